The van der Waals surface area contributed by atoms with Gasteiger partial charge >= 0.3 is 5.97 Å². The Morgan fingerprint density at radius 2 is 1.42 bits per heavy atom. The molecule has 1 fully saturated rings. The standard InChI is InChI=1S/C27H29F2NO4.C16H16FNO/c1-33-23-11-9-19(17-30-15-13-27(28,29)14-16-30)26(34-2)25(23)22-8-4-6-20-18(10-12-24(31)32)5-3-7-21(20)22;1-9-5-4-6-10(2)13(9)12-8-7-11(3)14(15(12)17)16(18)19/h3-9,11H,10,12-17H2,1-2H3,(H,31,32);4-8H,1-3H3,(H2,18,19). The van der Waals surface area contributed by atoms with Gasteiger partial charge in [-0.2, -0.15) is 0 Å². The first-order valence-electron chi connectivity index (χ1n) is 17.5. The number of piperidine rings is 1. The van der Waals surface area contributed by atoms with Crippen LogP contribution in [0.15, 0.2) is 78.9 Å². The monoisotopic (exact) mass is 726 g/mol. The molecule has 1 saturated heterocycles. The van der Waals surface area contributed by atoms with Crippen LogP contribution in [0.3, 0.4) is 0 Å². The fraction of sp³-hybridized carbons (Fsp3) is 0.302. The SMILES string of the molecule is COc1ccc(CN2CCC(F)(F)CC2)c(OC)c1-c1cccc2c(CCC(=O)O)cccc12.Cc1ccc(-c2c(C)cccc2C)c(F)c1C(N)=O. The molecule has 6 rings (SSSR count). The number of carboxylic acid groups (broad SMARTS) is 1. The predicted octanol–water partition coefficient (Wildman–Crippen LogP) is 9.29. The third kappa shape index (κ3) is 8.66. The Hall–Kier alpha value is -5.35. The van der Waals surface area contributed by atoms with Gasteiger partial charge in [-0.15, -0.1) is 0 Å². The van der Waals surface area contributed by atoms with Gasteiger partial charge in [0.05, 0.1) is 25.3 Å². The van der Waals surface area contributed by atoms with Crippen LogP contribution in [0.4, 0.5) is 13.2 Å². The molecule has 0 radical (unpaired) electrons. The van der Waals surface area contributed by atoms with Crippen molar-refractivity contribution in [2.45, 2.75) is 58.9 Å². The smallest absolute Gasteiger partial charge is 0.303 e. The number of halogens is 3. The molecule has 3 N–H and O–H groups in total. The number of aryl methyl sites for hydroxylation is 4. The summed E-state index contributed by atoms with van der Waals surface area (Å²) >= 11 is 0. The van der Waals surface area contributed by atoms with Gasteiger partial charge in [0.1, 0.15) is 17.3 Å². The Balaban J connectivity index is 0.000000241. The lowest BCUT2D eigenvalue weighted by Crippen LogP contribution is -2.38. The second kappa shape index (κ2) is 16.5. The van der Waals surface area contributed by atoms with E-state index in [1.807, 2.05) is 85.5 Å². The van der Waals surface area contributed by atoms with Crippen molar-refractivity contribution in [1.29, 1.82) is 0 Å². The van der Waals surface area contributed by atoms with Crippen LogP contribution >= 0.6 is 0 Å². The summed E-state index contributed by atoms with van der Waals surface area (Å²) < 4.78 is 53.4. The number of hydrogen-bond donors (Lipinski definition) is 2. The molecule has 0 spiro atoms. The lowest BCUT2D eigenvalue weighted by atomic mass is 9.92. The molecular formula is C43H45F3N2O5. The first kappa shape index (κ1) is 38.9. The van der Waals surface area contributed by atoms with Gasteiger partial charge in [0.25, 0.3) is 11.8 Å². The highest BCUT2D eigenvalue weighted by Gasteiger charge is 2.34. The van der Waals surface area contributed by atoms with Gasteiger partial charge in [0.15, 0.2) is 0 Å². The minimum atomic E-state index is -2.59. The van der Waals surface area contributed by atoms with E-state index in [1.165, 1.54) is 0 Å². The van der Waals surface area contributed by atoms with Crippen LogP contribution in [-0.2, 0) is 17.8 Å². The summed E-state index contributed by atoms with van der Waals surface area (Å²) in [5.74, 6) is -3.39. The number of ether oxygens (including phenoxy) is 2. The van der Waals surface area contributed by atoms with E-state index in [0.29, 0.717) is 48.7 Å². The van der Waals surface area contributed by atoms with Gasteiger partial charge in [-0.1, -0.05) is 72.8 Å². The van der Waals surface area contributed by atoms with Crippen LogP contribution in [-0.4, -0.2) is 55.1 Å². The van der Waals surface area contributed by atoms with E-state index < -0.39 is 23.6 Å². The number of carboxylic acids is 1. The second-order valence-corrected chi connectivity index (χ2v) is 13.4. The third-order valence-corrected chi connectivity index (χ3v) is 9.84. The van der Waals surface area contributed by atoms with Gasteiger partial charge < -0.3 is 20.3 Å². The average molecular weight is 727 g/mol. The number of benzene rings is 5. The molecule has 0 saturated carbocycles. The molecule has 0 aromatic heterocycles. The molecule has 5 aromatic carbocycles. The maximum Gasteiger partial charge on any atom is 0.303 e. The van der Waals surface area contributed by atoms with Crippen molar-refractivity contribution in [2.75, 3.05) is 27.3 Å². The summed E-state index contributed by atoms with van der Waals surface area (Å²) in [5, 5.41) is 11.1. The average Bonchev–Trinajstić information content (AvgIpc) is 3.12. The molecule has 1 amide bonds. The Bertz CT molecular complexity index is 2120. The molecule has 0 aliphatic carbocycles. The van der Waals surface area contributed by atoms with Crippen molar-refractivity contribution >= 4 is 22.6 Å². The van der Waals surface area contributed by atoms with Crippen LogP contribution < -0.4 is 15.2 Å². The van der Waals surface area contributed by atoms with Gasteiger partial charge in [-0.3, -0.25) is 14.5 Å². The summed E-state index contributed by atoms with van der Waals surface area (Å²) in [6.45, 7) is 6.69. The summed E-state index contributed by atoms with van der Waals surface area (Å²) in [7, 11) is 3.21. The summed E-state index contributed by atoms with van der Waals surface area (Å²) in [4.78, 5) is 24.5. The van der Waals surface area contributed by atoms with E-state index in [9.17, 15) is 22.8 Å². The van der Waals surface area contributed by atoms with Gasteiger partial charge in [0.2, 0.25) is 0 Å². The van der Waals surface area contributed by atoms with Crippen molar-refractivity contribution < 1.29 is 37.3 Å². The number of nitrogens with zero attached hydrogens (tertiary/aromatic N) is 1. The maximum absolute atomic E-state index is 14.5. The van der Waals surface area contributed by atoms with Crippen molar-refractivity contribution in [3.63, 3.8) is 0 Å². The highest BCUT2D eigenvalue weighted by atomic mass is 19.3. The van der Waals surface area contributed by atoms with Crippen LogP contribution in [0.2, 0.25) is 0 Å². The Labute approximate surface area is 308 Å². The van der Waals surface area contributed by atoms with Crippen molar-refractivity contribution in [3.8, 4) is 33.8 Å². The van der Waals surface area contributed by atoms with E-state index in [-0.39, 0.29) is 24.8 Å². The number of alkyl halides is 2. The van der Waals surface area contributed by atoms with Crippen LogP contribution in [0, 0.1) is 26.6 Å². The zero-order chi connectivity index (χ0) is 38.4. The van der Waals surface area contributed by atoms with Crippen molar-refractivity contribution in [2.24, 2.45) is 5.73 Å². The molecule has 0 atom stereocenters. The van der Waals surface area contributed by atoms with Crippen LogP contribution in [0.5, 0.6) is 11.5 Å². The molecule has 0 unspecified atom stereocenters. The minimum absolute atomic E-state index is 0.0276. The fourth-order valence-electron chi connectivity index (χ4n) is 7.13. The van der Waals surface area contributed by atoms with E-state index in [1.54, 1.807) is 33.3 Å². The number of nitrogens with two attached hydrogens (primary N) is 1. The highest BCUT2D eigenvalue weighted by molar-refractivity contribution is 6.01. The summed E-state index contributed by atoms with van der Waals surface area (Å²) in [6.07, 6.45) is 0.214. The number of likely N-dealkylation sites (tertiary alicyclic amines) is 1. The molecule has 53 heavy (non-hydrogen) atoms. The highest BCUT2D eigenvalue weighted by Crippen LogP contribution is 2.45. The molecule has 0 bridgehead atoms. The first-order valence-corrected chi connectivity index (χ1v) is 17.5. The third-order valence-electron chi connectivity index (χ3n) is 9.84. The van der Waals surface area contributed by atoms with Crippen LogP contribution in [0.1, 0.15) is 57.4 Å². The van der Waals surface area contributed by atoms with Gasteiger partial charge in [-0.25, -0.2) is 13.2 Å². The number of fused-ring (bicyclic) bond motifs is 1. The summed E-state index contributed by atoms with van der Waals surface area (Å²) in [6, 6.07) is 24.8. The lowest BCUT2D eigenvalue weighted by molar-refractivity contribution is -0.136. The zero-order valence-corrected chi connectivity index (χ0v) is 30.7. The minimum Gasteiger partial charge on any atom is -0.496 e. The van der Waals surface area contributed by atoms with Gasteiger partial charge in [0, 0.05) is 50.0 Å². The quantitative estimate of drug-likeness (QED) is 0.149. The number of aliphatic carboxylic acids is 1. The summed E-state index contributed by atoms with van der Waals surface area (Å²) in [5.41, 5.74) is 12.6. The van der Waals surface area contributed by atoms with E-state index in [0.717, 1.165) is 49.7 Å². The largest absolute Gasteiger partial charge is 0.496 e. The molecular weight excluding hydrogens is 681 g/mol. The Morgan fingerprint density at radius 3 is 2.04 bits per heavy atom. The normalized spacial score (nSPS) is 14.0. The Kier molecular flexibility index (Phi) is 12.1. The maximum atomic E-state index is 14.5. The van der Waals surface area contributed by atoms with Crippen molar-refractivity contribution in [1.82, 2.24) is 4.90 Å². The molecule has 1 aliphatic heterocycles. The lowest BCUT2D eigenvalue weighted by Gasteiger charge is -2.32. The van der Waals surface area contributed by atoms with Gasteiger partial charge in [-0.05, 0) is 77.4 Å². The number of amides is 1. The van der Waals surface area contributed by atoms with E-state index in [4.69, 9.17) is 20.3 Å². The van der Waals surface area contributed by atoms with Crippen LogP contribution in [0.25, 0.3) is 33.0 Å². The number of methoxy groups -OCH3 is 2. The molecule has 10 heteroatoms. The second-order valence-electron chi connectivity index (χ2n) is 13.4. The molecule has 278 valence electrons. The zero-order valence-electron chi connectivity index (χ0n) is 30.7. The molecule has 1 aliphatic rings. The van der Waals surface area contributed by atoms with E-state index in [2.05, 4.69) is 0 Å². The first-order chi connectivity index (χ1) is 25.3. The van der Waals surface area contributed by atoms with E-state index >= 15 is 0 Å². The molecule has 5 aromatic rings. The van der Waals surface area contributed by atoms with Crippen molar-refractivity contribution in [3.05, 3.63) is 118 Å². The predicted molar refractivity (Wildman–Crippen MR) is 202 cm³/mol. The Morgan fingerprint density at radius 1 is 0.774 bits per heavy atom. The number of carbonyl (C=O) groups excluding carboxylic acids is 1. The number of hydrogen-bond acceptors (Lipinski definition) is 5. The number of carbonyl (C=O) groups is 2. The fourth-order valence-corrected chi connectivity index (χ4v) is 7.13. The number of primary amides is 1. The molecule has 7 nitrogen and oxygen atoms in total. The topological polar surface area (TPSA) is 102 Å². The number of rotatable bonds is 10. The molecule has 1 heterocycles.